The third kappa shape index (κ3) is 3.60. The second-order valence-electron chi connectivity index (χ2n) is 4.05. The fraction of sp³-hybridized carbons (Fsp3) is 0.0667. The molecule has 0 aliphatic rings. The lowest BCUT2D eigenvalue weighted by Gasteiger charge is -2.11. The van der Waals surface area contributed by atoms with E-state index >= 15 is 0 Å². The van der Waals surface area contributed by atoms with Crippen molar-refractivity contribution in [3.05, 3.63) is 60.4 Å². The zero-order chi connectivity index (χ0) is 14.8. The zero-order valence-corrected chi connectivity index (χ0v) is 10.2. The van der Waals surface area contributed by atoms with E-state index in [-0.39, 0.29) is 5.75 Å². The molecule has 2 rings (SSSR count). The highest BCUT2D eigenvalue weighted by atomic mass is 19.4. The van der Waals surface area contributed by atoms with Crippen LogP contribution in [-0.4, -0.2) is 6.36 Å². The molecule has 0 saturated heterocycles. The van der Waals surface area contributed by atoms with Crippen LogP contribution in [0.25, 0.3) is 17.2 Å². The van der Waals surface area contributed by atoms with Gasteiger partial charge in [-0.05, 0) is 47.0 Å². The van der Waals surface area contributed by atoms with Crippen molar-refractivity contribution in [3.63, 3.8) is 0 Å². The van der Waals surface area contributed by atoms with E-state index in [2.05, 4.69) is 11.3 Å². The molecule has 2 aromatic rings. The topological polar surface area (TPSA) is 9.23 Å². The van der Waals surface area contributed by atoms with E-state index < -0.39 is 12.2 Å². The highest BCUT2D eigenvalue weighted by Gasteiger charge is 2.31. The fourth-order valence-corrected chi connectivity index (χ4v) is 1.74. The van der Waals surface area contributed by atoms with Gasteiger partial charge in [-0.1, -0.05) is 24.8 Å². The van der Waals surface area contributed by atoms with Gasteiger partial charge >= 0.3 is 6.36 Å². The molecular weight excluding hydrogens is 272 g/mol. The molecule has 104 valence electrons. The largest absolute Gasteiger partial charge is 0.573 e. The number of halogens is 4. The number of hydrogen-bond donors (Lipinski definition) is 0. The Morgan fingerprint density at radius 2 is 1.60 bits per heavy atom. The Bertz CT molecular complexity index is 615. The first-order valence-corrected chi connectivity index (χ1v) is 5.66. The summed E-state index contributed by atoms with van der Waals surface area (Å²) in [5.41, 5.74) is 1.55. The first-order valence-electron chi connectivity index (χ1n) is 5.66. The van der Waals surface area contributed by atoms with Crippen molar-refractivity contribution >= 4 is 6.08 Å². The van der Waals surface area contributed by atoms with Crippen LogP contribution in [0.15, 0.2) is 49.0 Å². The molecule has 0 aliphatic carbocycles. The Morgan fingerprint density at radius 1 is 0.950 bits per heavy atom. The average molecular weight is 282 g/mol. The van der Waals surface area contributed by atoms with Gasteiger partial charge < -0.3 is 4.74 Å². The summed E-state index contributed by atoms with van der Waals surface area (Å²) >= 11 is 0. The van der Waals surface area contributed by atoms with Crippen LogP contribution >= 0.6 is 0 Å². The molecule has 0 heterocycles. The smallest absolute Gasteiger partial charge is 0.406 e. The molecule has 0 N–H and O–H groups in total. The summed E-state index contributed by atoms with van der Waals surface area (Å²) in [6, 6.07) is 9.55. The minimum atomic E-state index is -4.76. The van der Waals surface area contributed by atoms with Crippen LogP contribution in [0, 0.1) is 5.82 Å². The molecule has 0 spiro atoms. The maximum atomic E-state index is 12.9. The predicted octanol–water partition coefficient (Wildman–Crippen LogP) is 5.03. The van der Waals surface area contributed by atoms with Crippen LogP contribution in [0.2, 0.25) is 0 Å². The third-order valence-electron chi connectivity index (χ3n) is 2.58. The predicted molar refractivity (Wildman–Crippen MR) is 68.6 cm³/mol. The molecule has 0 fully saturated rings. The van der Waals surface area contributed by atoms with E-state index in [1.807, 2.05) is 0 Å². The van der Waals surface area contributed by atoms with Crippen LogP contribution in [-0.2, 0) is 0 Å². The van der Waals surface area contributed by atoms with Gasteiger partial charge in [-0.15, -0.1) is 13.2 Å². The second-order valence-corrected chi connectivity index (χ2v) is 4.05. The highest BCUT2D eigenvalue weighted by Crippen LogP contribution is 2.30. The monoisotopic (exact) mass is 282 g/mol. The minimum Gasteiger partial charge on any atom is -0.406 e. The minimum absolute atomic E-state index is 0.339. The Hall–Kier alpha value is -2.30. The van der Waals surface area contributed by atoms with Crippen molar-refractivity contribution in [1.29, 1.82) is 0 Å². The van der Waals surface area contributed by atoms with Crippen molar-refractivity contribution in [2.45, 2.75) is 6.36 Å². The lowest BCUT2D eigenvalue weighted by molar-refractivity contribution is -0.274. The van der Waals surface area contributed by atoms with Crippen molar-refractivity contribution in [2.75, 3.05) is 0 Å². The number of hydrogen-bond acceptors (Lipinski definition) is 1. The molecule has 0 aliphatic heterocycles. The zero-order valence-electron chi connectivity index (χ0n) is 10.2. The van der Waals surface area contributed by atoms with Crippen LogP contribution in [0.1, 0.15) is 5.56 Å². The lowest BCUT2D eigenvalue weighted by Crippen LogP contribution is -2.17. The molecule has 0 saturated carbocycles. The molecule has 0 bridgehead atoms. The molecule has 0 aromatic heterocycles. The quantitative estimate of drug-likeness (QED) is 0.717. The van der Waals surface area contributed by atoms with Crippen LogP contribution < -0.4 is 4.74 Å². The number of alkyl halides is 3. The van der Waals surface area contributed by atoms with E-state index in [0.29, 0.717) is 16.7 Å². The van der Waals surface area contributed by atoms with Gasteiger partial charge in [0, 0.05) is 0 Å². The standard InChI is InChI=1S/C15H10F4O/c1-2-10-7-12(11-3-5-13(16)6-4-11)9-14(8-10)20-15(17,18)19/h2-9H,1H2. The maximum Gasteiger partial charge on any atom is 0.573 e. The Kier molecular flexibility index (Phi) is 3.79. The Balaban J connectivity index is 2.45. The van der Waals surface area contributed by atoms with Gasteiger partial charge in [0.05, 0.1) is 0 Å². The van der Waals surface area contributed by atoms with E-state index in [4.69, 9.17) is 0 Å². The summed E-state index contributed by atoms with van der Waals surface area (Å²) in [5.74, 6) is -0.755. The summed E-state index contributed by atoms with van der Waals surface area (Å²) in [7, 11) is 0. The van der Waals surface area contributed by atoms with Crippen molar-refractivity contribution in [1.82, 2.24) is 0 Å². The summed E-state index contributed by atoms with van der Waals surface area (Å²) in [4.78, 5) is 0. The van der Waals surface area contributed by atoms with Gasteiger partial charge in [-0.2, -0.15) is 0 Å². The number of benzene rings is 2. The molecule has 5 heteroatoms. The van der Waals surface area contributed by atoms with Crippen molar-refractivity contribution in [3.8, 4) is 16.9 Å². The van der Waals surface area contributed by atoms with Gasteiger partial charge in [0.25, 0.3) is 0 Å². The Morgan fingerprint density at radius 3 is 2.15 bits per heavy atom. The van der Waals surface area contributed by atoms with Gasteiger partial charge in [-0.25, -0.2) is 4.39 Å². The highest BCUT2D eigenvalue weighted by molar-refractivity contribution is 5.69. The molecule has 0 unspecified atom stereocenters. The maximum absolute atomic E-state index is 12.9. The van der Waals surface area contributed by atoms with E-state index in [1.165, 1.54) is 42.5 Å². The summed E-state index contributed by atoms with van der Waals surface area (Å²) in [6.45, 7) is 3.52. The second kappa shape index (κ2) is 5.36. The molecule has 0 radical (unpaired) electrons. The molecule has 0 amide bonds. The van der Waals surface area contributed by atoms with Crippen LogP contribution in [0.5, 0.6) is 5.75 Å². The Labute approximate surface area is 113 Å². The summed E-state index contributed by atoms with van der Waals surface area (Å²) in [6.07, 6.45) is -3.35. The summed E-state index contributed by atoms with van der Waals surface area (Å²) in [5, 5.41) is 0. The van der Waals surface area contributed by atoms with E-state index in [1.54, 1.807) is 6.07 Å². The van der Waals surface area contributed by atoms with Crippen LogP contribution in [0.3, 0.4) is 0 Å². The first kappa shape index (κ1) is 14.1. The molecule has 2 aromatic carbocycles. The number of ether oxygens (including phenoxy) is 1. The average Bonchev–Trinajstić information content (AvgIpc) is 2.37. The van der Waals surface area contributed by atoms with E-state index in [0.717, 1.165) is 0 Å². The molecule has 20 heavy (non-hydrogen) atoms. The van der Waals surface area contributed by atoms with Crippen molar-refractivity contribution < 1.29 is 22.3 Å². The number of rotatable bonds is 3. The molecule has 1 nitrogen and oxygen atoms in total. The van der Waals surface area contributed by atoms with Crippen molar-refractivity contribution in [2.24, 2.45) is 0 Å². The molecule has 0 atom stereocenters. The lowest BCUT2D eigenvalue weighted by atomic mass is 10.0. The van der Waals surface area contributed by atoms with Gasteiger partial charge in [0.2, 0.25) is 0 Å². The van der Waals surface area contributed by atoms with Gasteiger partial charge in [-0.3, -0.25) is 0 Å². The van der Waals surface area contributed by atoms with Gasteiger partial charge in [0.15, 0.2) is 0 Å². The summed E-state index contributed by atoms with van der Waals surface area (Å²) < 4.78 is 53.6. The fourth-order valence-electron chi connectivity index (χ4n) is 1.74. The van der Waals surface area contributed by atoms with Crippen LogP contribution in [0.4, 0.5) is 17.6 Å². The van der Waals surface area contributed by atoms with Gasteiger partial charge in [0.1, 0.15) is 11.6 Å². The first-order chi connectivity index (χ1) is 9.37. The normalized spacial score (nSPS) is 11.2. The SMILES string of the molecule is C=Cc1cc(OC(F)(F)F)cc(-c2ccc(F)cc2)c1. The van der Waals surface area contributed by atoms with E-state index in [9.17, 15) is 17.6 Å². The third-order valence-corrected chi connectivity index (χ3v) is 2.58. The molecular formula is C15H10F4O.